The summed E-state index contributed by atoms with van der Waals surface area (Å²) >= 11 is 0. The fourth-order valence-electron chi connectivity index (χ4n) is 3.67. The van der Waals surface area contributed by atoms with E-state index in [-0.39, 0.29) is 22.1 Å². The summed E-state index contributed by atoms with van der Waals surface area (Å²) in [5.74, 6) is -4.63. The number of hydrogen-bond donors (Lipinski definition) is 2. The highest BCUT2D eigenvalue weighted by molar-refractivity contribution is 6.89. The van der Waals surface area contributed by atoms with Crippen molar-refractivity contribution in [1.82, 2.24) is 0 Å². The molecule has 9 heteroatoms. The van der Waals surface area contributed by atoms with Gasteiger partial charge in [-0.05, 0) is 33.7 Å². The second kappa shape index (κ2) is 9.00. The molecule has 33 heavy (non-hydrogen) atoms. The van der Waals surface area contributed by atoms with Crippen LogP contribution < -0.4 is 10.9 Å². The van der Waals surface area contributed by atoms with Gasteiger partial charge in [-0.2, -0.15) is 0 Å². The quantitative estimate of drug-likeness (QED) is 0.353. The molecule has 0 aliphatic rings. The van der Waals surface area contributed by atoms with E-state index in [0.717, 1.165) is 14.6 Å². The molecule has 2 N–H and O–H groups in total. The zero-order valence-corrected chi connectivity index (χ0v) is 17.0. The maximum absolute atomic E-state index is 12.5. The Morgan fingerprint density at radius 3 is 1.36 bits per heavy atom. The molecule has 4 rings (SSSR count). The van der Waals surface area contributed by atoms with Gasteiger partial charge < -0.3 is 14.9 Å². The maximum Gasteiger partial charge on any atom is 0.335 e. The molecule has 0 bridgehead atoms. The first-order valence-electron chi connectivity index (χ1n) is 9.80. The van der Waals surface area contributed by atoms with E-state index in [2.05, 4.69) is 0 Å². The van der Waals surface area contributed by atoms with Crippen molar-refractivity contribution in [3.05, 3.63) is 83.9 Å². The van der Waals surface area contributed by atoms with Gasteiger partial charge in [0.15, 0.2) is 0 Å². The van der Waals surface area contributed by atoms with Crippen LogP contribution in [0.4, 0.5) is 9.59 Å². The van der Waals surface area contributed by atoms with Crippen LogP contribution in [-0.4, -0.2) is 48.4 Å². The Labute approximate surface area is 189 Å². The Morgan fingerprint density at radius 2 is 0.970 bits per heavy atom. The molecule has 0 spiro atoms. The lowest BCUT2D eigenvalue weighted by Gasteiger charge is -2.11. The van der Waals surface area contributed by atoms with Gasteiger partial charge in [0.2, 0.25) is 0 Å². The molecular weight excluding hydrogens is 422 g/mol. The van der Waals surface area contributed by atoms with Gasteiger partial charge in [-0.1, -0.05) is 71.6 Å². The van der Waals surface area contributed by atoms with E-state index >= 15 is 0 Å². The summed E-state index contributed by atoms with van der Waals surface area (Å²) < 4.78 is 4.85. The molecule has 0 heterocycles. The summed E-state index contributed by atoms with van der Waals surface area (Å²) in [5.41, 5.74) is -0.0295. The predicted octanol–water partition coefficient (Wildman–Crippen LogP) is 3.01. The first kappa shape index (κ1) is 21.8. The Balaban J connectivity index is 1.60. The summed E-state index contributed by atoms with van der Waals surface area (Å²) in [7, 11) is 1.89. The second-order valence-electron chi connectivity index (χ2n) is 7.13. The molecule has 4 aromatic carbocycles. The molecule has 0 aliphatic carbocycles. The van der Waals surface area contributed by atoms with E-state index in [9.17, 15) is 29.4 Å². The van der Waals surface area contributed by atoms with Crippen LogP contribution in [0.1, 0.15) is 20.7 Å². The van der Waals surface area contributed by atoms with Crippen molar-refractivity contribution in [2.24, 2.45) is 0 Å². The minimum Gasteiger partial charge on any atom is -0.478 e. The van der Waals surface area contributed by atoms with Gasteiger partial charge in [0.1, 0.15) is 0 Å². The molecule has 0 fully saturated rings. The molecule has 0 amide bonds. The van der Waals surface area contributed by atoms with E-state index in [4.69, 9.17) is 4.74 Å². The van der Waals surface area contributed by atoms with E-state index in [1.165, 1.54) is 12.1 Å². The number of hydrogen-bond acceptors (Lipinski definition) is 5. The smallest absolute Gasteiger partial charge is 0.335 e. The van der Waals surface area contributed by atoms with Gasteiger partial charge in [0.25, 0.3) is 11.7 Å². The normalized spacial score (nSPS) is 10.5. The summed E-state index contributed by atoms with van der Waals surface area (Å²) in [4.78, 5) is 48.2. The Morgan fingerprint density at radius 1 is 0.576 bits per heavy atom. The van der Waals surface area contributed by atoms with Crippen molar-refractivity contribution in [1.29, 1.82) is 0 Å². The molecule has 0 aliphatic heterocycles. The molecule has 0 unspecified atom stereocenters. The van der Waals surface area contributed by atoms with Gasteiger partial charge in [-0.25, -0.2) is 9.59 Å². The first-order valence-corrected chi connectivity index (χ1v) is 9.80. The lowest BCUT2D eigenvalue weighted by molar-refractivity contribution is 0.0687. The van der Waals surface area contributed by atoms with Crippen LogP contribution in [0.3, 0.4) is 0 Å². The fraction of sp³-hybridized carbons (Fsp3) is 0. The molecular formula is C24H14B2O7. The second-order valence-corrected chi connectivity index (χ2v) is 7.13. The highest BCUT2D eigenvalue weighted by atomic mass is 16.6. The Hall–Kier alpha value is -4.39. The number of ether oxygens (including phenoxy) is 1. The number of carbonyl (C=O) groups is 4. The van der Waals surface area contributed by atoms with Gasteiger partial charge in [-0.3, -0.25) is 9.59 Å². The van der Waals surface area contributed by atoms with Crippen LogP contribution in [-0.2, 0) is 4.74 Å². The predicted molar refractivity (Wildman–Crippen MR) is 124 cm³/mol. The third kappa shape index (κ3) is 4.48. The van der Waals surface area contributed by atoms with Crippen LogP contribution >= 0.6 is 0 Å². The number of carbonyl (C=O) groups excluding carboxylic acids is 2. The molecule has 2 radical (unpaired) electrons. The minimum absolute atomic E-state index is 0.106. The van der Waals surface area contributed by atoms with Crippen LogP contribution in [0.2, 0.25) is 0 Å². The monoisotopic (exact) mass is 436 g/mol. The number of benzene rings is 4. The van der Waals surface area contributed by atoms with Gasteiger partial charge >= 0.3 is 26.5 Å². The fourth-order valence-corrected chi connectivity index (χ4v) is 3.67. The van der Waals surface area contributed by atoms with Gasteiger partial charge in [-0.15, -0.1) is 0 Å². The summed E-state index contributed by atoms with van der Waals surface area (Å²) in [5, 5.41) is 21.4. The van der Waals surface area contributed by atoms with Crippen molar-refractivity contribution in [2.45, 2.75) is 0 Å². The summed E-state index contributed by atoms with van der Waals surface area (Å²) in [6.07, 6.45) is 0. The third-order valence-electron chi connectivity index (χ3n) is 5.13. The lowest BCUT2D eigenvalue weighted by atomic mass is 9.64. The largest absolute Gasteiger partial charge is 0.478 e. The zero-order valence-electron chi connectivity index (χ0n) is 17.0. The highest BCUT2D eigenvalue weighted by Crippen LogP contribution is 2.15. The van der Waals surface area contributed by atoms with Gasteiger partial charge in [0, 0.05) is 0 Å². The van der Waals surface area contributed by atoms with E-state index < -0.39 is 23.7 Å². The summed E-state index contributed by atoms with van der Waals surface area (Å²) in [6, 6.07) is 19.7. The van der Waals surface area contributed by atoms with E-state index in [1.807, 2.05) is 0 Å². The maximum atomic E-state index is 12.5. The number of fused-ring (bicyclic) bond motifs is 2. The lowest BCUT2D eigenvalue weighted by Crippen LogP contribution is -2.35. The summed E-state index contributed by atoms with van der Waals surface area (Å²) in [6.45, 7) is 0. The SMILES string of the molecule is O=C([B]c1c(C(=O)O)ccc2ccccc12)OC(=O)[B]c1c(C(=O)O)ccc2ccccc12. The molecule has 158 valence electrons. The molecule has 0 saturated heterocycles. The number of carboxylic acids is 2. The molecule has 7 nitrogen and oxygen atoms in total. The van der Waals surface area contributed by atoms with Crippen LogP contribution in [0.25, 0.3) is 21.5 Å². The van der Waals surface area contributed by atoms with Crippen LogP contribution in [0.15, 0.2) is 72.8 Å². The van der Waals surface area contributed by atoms with Crippen molar-refractivity contribution in [3.8, 4) is 0 Å². The molecule has 4 aromatic rings. The third-order valence-corrected chi connectivity index (χ3v) is 5.13. The van der Waals surface area contributed by atoms with Crippen molar-refractivity contribution in [2.75, 3.05) is 0 Å². The number of carboxylic acid groups (broad SMARTS) is 2. The topological polar surface area (TPSA) is 118 Å². The standard InChI is InChI=1S/C24H14B2O7/c27-21(28)17-11-9-13-5-1-3-7-15(13)19(17)25-23(31)33-24(32)26-20-16-8-4-2-6-14(16)10-12-18(20)22(29)30/h1-12H,(H,27,28)(H,29,30). The van der Waals surface area contributed by atoms with Crippen LogP contribution in [0, 0.1) is 0 Å². The van der Waals surface area contributed by atoms with Crippen molar-refractivity contribution >= 4 is 70.7 Å². The van der Waals surface area contributed by atoms with Gasteiger partial charge in [0.05, 0.1) is 11.1 Å². The average Bonchev–Trinajstić information content (AvgIpc) is 2.79. The van der Waals surface area contributed by atoms with Crippen molar-refractivity contribution in [3.63, 3.8) is 0 Å². The first-order chi connectivity index (χ1) is 15.8. The number of rotatable bonds is 6. The minimum atomic E-state index is -1.24. The molecule has 0 saturated carbocycles. The Kier molecular flexibility index (Phi) is 5.95. The van der Waals surface area contributed by atoms with E-state index in [1.54, 1.807) is 60.7 Å². The van der Waals surface area contributed by atoms with Crippen LogP contribution in [0.5, 0.6) is 0 Å². The van der Waals surface area contributed by atoms with E-state index in [0.29, 0.717) is 21.5 Å². The number of aromatic carboxylic acids is 2. The average molecular weight is 436 g/mol. The van der Waals surface area contributed by atoms with Crippen molar-refractivity contribution < 1.29 is 34.1 Å². The zero-order chi connectivity index (χ0) is 23.5. The highest BCUT2D eigenvalue weighted by Gasteiger charge is 2.23. The molecule has 0 aromatic heterocycles. The Bertz CT molecular complexity index is 1340. The molecule has 0 atom stereocenters.